The molecule has 1 unspecified atom stereocenters. The average molecular weight is 282 g/mol. The summed E-state index contributed by atoms with van der Waals surface area (Å²) < 4.78 is 18.0. The van der Waals surface area contributed by atoms with Crippen molar-refractivity contribution >= 4 is 0 Å². The maximum atomic E-state index is 6.12. The Balaban J connectivity index is 1.60. The van der Waals surface area contributed by atoms with Crippen molar-refractivity contribution in [2.75, 3.05) is 40.1 Å². The second-order valence-corrected chi connectivity index (χ2v) is 5.19. The van der Waals surface area contributed by atoms with Crippen LogP contribution in [-0.2, 0) is 27.2 Å². The number of methoxy groups -OCH3 is 1. The predicted molar refractivity (Wildman–Crippen MR) is 77.8 cm³/mol. The molecule has 1 aliphatic carbocycles. The molecule has 20 heavy (non-hydrogen) atoms. The van der Waals surface area contributed by atoms with Crippen LogP contribution in [0.3, 0.4) is 0 Å². The van der Waals surface area contributed by atoms with Crippen LogP contribution in [0.5, 0.6) is 0 Å². The maximum Gasteiger partial charge on any atom is 0.0701 e. The van der Waals surface area contributed by atoms with Gasteiger partial charge in [-0.15, -0.1) is 0 Å². The SMILES string of the molecule is COCCOCCOCCn1cc2c(c1)C(N)CCC2. The summed E-state index contributed by atoms with van der Waals surface area (Å²) in [6.07, 6.45) is 7.86. The van der Waals surface area contributed by atoms with Gasteiger partial charge in [-0.25, -0.2) is 0 Å². The standard InChI is InChI=1S/C15H26N2O3/c1-18-7-8-20-10-9-19-6-5-17-11-13-3-2-4-15(16)14(13)12-17/h11-12,15H,2-10,16H2,1H3. The molecule has 0 aromatic carbocycles. The molecule has 1 heterocycles. The summed E-state index contributed by atoms with van der Waals surface area (Å²) in [6, 6.07) is 0.218. The van der Waals surface area contributed by atoms with E-state index < -0.39 is 0 Å². The molecule has 0 radical (unpaired) electrons. The van der Waals surface area contributed by atoms with E-state index in [0.717, 1.165) is 19.4 Å². The molecule has 0 saturated carbocycles. The minimum Gasteiger partial charge on any atom is -0.382 e. The summed E-state index contributed by atoms with van der Waals surface area (Å²) in [5.41, 5.74) is 8.85. The highest BCUT2D eigenvalue weighted by Gasteiger charge is 2.18. The maximum absolute atomic E-state index is 6.12. The van der Waals surface area contributed by atoms with Gasteiger partial charge in [-0.1, -0.05) is 0 Å². The van der Waals surface area contributed by atoms with Crippen molar-refractivity contribution in [1.82, 2.24) is 4.57 Å². The molecule has 0 amide bonds. The molecule has 1 aliphatic rings. The van der Waals surface area contributed by atoms with Crippen LogP contribution >= 0.6 is 0 Å². The lowest BCUT2D eigenvalue weighted by atomic mass is 9.92. The molecule has 114 valence electrons. The Morgan fingerprint density at radius 1 is 1.15 bits per heavy atom. The molecule has 0 saturated heterocycles. The normalized spacial score (nSPS) is 18.2. The topological polar surface area (TPSA) is 58.6 Å². The highest BCUT2D eigenvalue weighted by atomic mass is 16.5. The molecule has 5 heteroatoms. The lowest BCUT2D eigenvalue weighted by Crippen LogP contribution is -2.15. The largest absolute Gasteiger partial charge is 0.382 e. The number of ether oxygens (including phenoxy) is 3. The number of aryl methyl sites for hydroxylation is 1. The highest BCUT2D eigenvalue weighted by molar-refractivity contribution is 5.29. The first-order chi connectivity index (χ1) is 9.81. The lowest BCUT2D eigenvalue weighted by Gasteiger charge is -2.17. The van der Waals surface area contributed by atoms with Crippen molar-refractivity contribution in [2.24, 2.45) is 5.73 Å². The second-order valence-electron chi connectivity index (χ2n) is 5.19. The van der Waals surface area contributed by atoms with Crippen molar-refractivity contribution in [1.29, 1.82) is 0 Å². The van der Waals surface area contributed by atoms with Crippen LogP contribution in [0.2, 0.25) is 0 Å². The van der Waals surface area contributed by atoms with Crippen molar-refractivity contribution in [3.63, 3.8) is 0 Å². The number of hydrogen-bond donors (Lipinski definition) is 1. The molecule has 0 fully saturated rings. The van der Waals surface area contributed by atoms with Gasteiger partial charge in [-0.05, 0) is 30.4 Å². The minimum absolute atomic E-state index is 0.218. The molecule has 0 bridgehead atoms. The zero-order valence-electron chi connectivity index (χ0n) is 12.3. The molecule has 2 rings (SSSR count). The highest BCUT2D eigenvalue weighted by Crippen LogP contribution is 2.28. The number of hydrogen-bond acceptors (Lipinski definition) is 4. The van der Waals surface area contributed by atoms with Crippen LogP contribution in [-0.4, -0.2) is 44.7 Å². The third-order valence-corrected chi connectivity index (χ3v) is 3.66. The minimum atomic E-state index is 0.218. The smallest absolute Gasteiger partial charge is 0.0701 e. The van der Waals surface area contributed by atoms with Gasteiger partial charge < -0.3 is 24.5 Å². The van der Waals surface area contributed by atoms with Gasteiger partial charge in [0.15, 0.2) is 0 Å². The average Bonchev–Trinajstić information content (AvgIpc) is 2.86. The zero-order chi connectivity index (χ0) is 14.2. The van der Waals surface area contributed by atoms with E-state index >= 15 is 0 Å². The van der Waals surface area contributed by atoms with Crippen LogP contribution < -0.4 is 5.73 Å². The Bertz CT molecular complexity index is 392. The summed E-state index contributed by atoms with van der Waals surface area (Å²) >= 11 is 0. The van der Waals surface area contributed by atoms with E-state index in [2.05, 4.69) is 17.0 Å². The molecule has 5 nitrogen and oxygen atoms in total. The summed E-state index contributed by atoms with van der Waals surface area (Å²) in [4.78, 5) is 0. The molecule has 0 aliphatic heterocycles. The fourth-order valence-corrected chi connectivity index (χ4v) is 2.55. The number of nitrogens with two attached hydrogens (primary N) is 1. The second kappa shape index (κ2) is 8.42. The first kappa shape index (κ1) is 15.5. The Hall–Kier alpha value is -0.880. The van der Waals surface area contributed by atoms with Gasteiger partial charge in [0.2, 0.25) is 0 Å². The van der Waals surface area contributed by atoms with Gasteiger partial charge in [-0.2, -0.15) is 0 Å². The predicted octanol–water partition coefficient (Wildman–Crippen LogP) is 1.50. The van der Waals surface area contributed by atoms with Gasteiger partial charge >= 0.3 is 0 Å². The van der Waals surface area contributed by atoms with Crippen molar-refractivity contribution < 1.29 is 14.2 Å². The van der Waals surface area contributed by atoms with Crippen molar-refractivity contribution in [3.05, 3.63) is 23.5 Å². The monoisotopic (exact) mass is 282 g/mol. The molecule has 2 N–H and O–H groups in total. The van der Waals surface area contributed by atoms with Crippen LogP contribution in [0.4, 0.5) is 0 Å². The number of rotatable bonds is 9. The Morgan fingerprint density at radius 3 is 2.65 bits per heavy atom. The third-order valence-electron chi connectivity index (χ3n) is 3.66. The van der Waals surface area contributed by atoms with Gasteiger partial charge in [0.25, 0.3) is 0 Å². The quantitative estimate of drug-likeness (QED) is 0.697. The molecular formula is C15H26N2O3. The van der Waals surface area contributed by atoms with Crippen LogP contribution in [0.15, 0.2) is 12.4 Å². The third kappa shape index (κ3) is 4.59. The first-order valence-corrected chi connectivity index (χ1v) is 7.40. The Morgan fingerprint density at radius 2 is 1.90 bits per heavy atom. The van der Waals surface area contributed by atoms with Crippen molar-refractivity contribution in [2.45, 2.75) is 31.8 Å². The first-order valence-electron chi connectivity index (χ1n) is 7.40. The van der Waals surface area contributed by atoms with E-state index in [1.165, 1.54) is 17.5 Å². The van der Waals surface area contributed by atoms with Gasteiger partial charge in [0.05, 0.1) is 33.0 Å². The Kier molecular flexibility index (Phi) is 6.53. The molecule has 1 aromatic heterocycles. The van der Waals surface area contributed by atoms with Crippen LogP contribution in [0.25, 0.3) is 0 Å². The fourth-order valence-electron chi connectivity index (χ4n) is 2.55. The van der Waals surface area contributed by atoms with Crippen LogP contribution in [0, 0.1) is 0 Å². The van der Waals surface area contributed by atoms with E-state index in [9.17, 15) is 0 Å². The Labute approximate surface area is 121 Å². The van der Waals surface area contributed by atoms with Crippen molar-refractivity contribution in [3.8, 4) is 0 Å². The van der Waals surface area contributed by atoms with E-state index in [4.69, 9.17) is 19.9 Å². The van der Waals surface area contributed by atoms with Gasteiger partial charge in [-0.3, -0.25) is 0 Å². The van der Waals surface area contributed by atoms with E-state index in [1.54, 1.807) is 7.11 Å². The van der Waals surface area contributed by atoms with Gasteiger partial charge in [0.1, 0.15) is 0 Å². The summed E-state index contributed by atoms with van der Waals surface area (Å²) in [5, 5.41) is 0. The number of fused-ring (bicyclic) bond motifs is 1. The van der Waals surface area contributed by atoms with E-state index in [0.29, 0.717) is 33.0 Å². The molecule has 0 spiro atoms. The van der Waals surface area contributed by atoms with E-state index in [-0.39, 0.29) is 6.04 Å². The summed E-state index contributed by atoms with van der Waals surface area (Å²) in [6.45, 7) is 4.09. The number of nitrogens with zero attached hydrogens (tertiary/aromatic N) is 1. The summed E-state index contributed by atoms with van der Waals surface area (Å²) in [5.74, 6) is 0. The number of aromatic nitrogens is 1. The van der Waals surface area contributed by atoms with Crippen LogP contribution in [0.1, 0.15) is 30.0 Å². The summed E-state index contributed by atoms with van der Waals surface area (Å²) in [7, 11) is 1.67. The molecule has 1 aromatic rings. The molecule has 1 atom stereocenters. The molecular weight excluding hydrogens is 256 g/mol. The van der Waals surface area contributed by atoms with Gasteiger partial charge in [0, 0.05) is 32.1 Å². The zero-order valence-corrected chi connectivity index (χ0v) is 12.3. The lowest BCUT2D eigenvalue weighted by molar-refractivity contribution is 0.0230. The van der Waals surface area contributed by atoms with E-state index in [1.807, 2.05) is 0 Å². The fraction of sp³-hybridized carbons (Fsp3) is 0.733.